The summed E-state index contributed by atoms with van der Waals surface area (Å²) in [6, 6.07) is 24.0. The molecule has 0 saturated heterocycles. The molecule has 0 aliphatic carbocycles. The Bertz CT molecular complexity index is 1350. The van der Waals surface area contributed by atoms with Crippen molar-refractivity contribution in [2.45, 2.75) is 25.8 Å². The van der Waals surface area contributed by atoms with Gasteiger partial charge in [-0.3, -0.25) is 15.0 Å². The number of benzene rings is 3. The number of hydrogen-bond acceptors (Lipinski definition) is 6. The number of carbonyl (C=O) groups is 2. The quantitative estimate of drug-likeness (QED) is 0.465. The van der Waals surface area contributed by atoms with Gasteiger partial charge in [0, 0.05) is 11.1 Å². The van der Waals surface area contributed by atoms with Gasteiger partial charge in [0.2, 0.25) is 0 Å². The molecule has 0 radical (unpaired) electrons. The van der Waals surface area contributed by atoms with Gasteiger partial charge in [-0.2, -0.15) is 0 Å². The summed E-state index contributed by atoms with van der Waals surface area (Å²) >= 11 is 0. The number of para-hydroxylation sites is 1. The van der Waals surface area contributed by atoms with Crippen molar-refractivity contribution in [3.05, 3.63) is 84.4 Å². The molecule has 1 aliphatic rings. The monoisotopic (exact) mass is 453 g/mol. The fraction of sp³-hybridized carbons (Fsp3) is 0.154. The average Bonchev–Trinajstić information content (AvgIpc) is 3.32. The number of aromatic nitrogens is 2. The summed E-state index contributed by atoms with van der Waals surface area (Å²) in [5, 5.41) is 12.3. The standard InChI is InChI=1S/C26H23N5O3/c1-16-19-12-6-7-13-20(19)21-14-8-9-15-22(21)31(26(16)33)28-25(32)17(2)27-24-23(29-34-30-24)18-10-4-3-5-11-18/h3-17H,1-2H3,(H,27,30)(H,28,32)/t16?,17-/m0/s1. The number of amides is 2. The molecule has 2 atom stereocenters. The van der Waals surface area contributed by atoms with Crippen LogP contribution >= 0.6 is 0 Å². The lowest BCUT2D eigenvalue weighted by molar-refractivity contribution is -0.126. The predicted octanol–water partition coefficient (Wildman–Crippen LogP) is 4.39. The molecule has 8 heteroatoms. The maximum absolute atomic E-state index is 13.4. The molecule has 5 rings (SSSR count). The molecule has 3 aromatic carbocycles. The van der Waals surface area contributed by atoms with E-state index < -0.39 is 17.9 Å². The lowest BCUT2D eigenvalue weighted by Crippen LogP contribution is -2.52. The van der Waals surface area contributed by atoms with Crippen LogP contribution in [0.5, 0.6) is 0 Å². The molecule has 34 heavy (non-hydrogen) atoms. The molecule has 170 valence electrons. The van der Waals surface area contributed by atoms with Crippen LogP contribution in [0, 0.1) is 0 Å². The maximum atomic E-state index is 13.4. The molecule has 0 bridgehead atoms. The van der Waals surface area contributed by atoms with Gasteiger partial charge < -0.3 is 5.32 Å². The van der Waals surface area contributed by atoms with E-state index in [4.69, 9.17) is 4.63 Å². The highest BCUT2D eigenvalue weighted by atomic mass is 16.6. The number of hydrazine groups is 1. The van der Waals surface area contributed by atoms with E-state index in [9.17, 15) is 9.59 Å². The summed E-state index contributed by atoms with van der Waals surface area (Å²) in [5.74, 6) is -0.705. The molecule has 1 aliphatic heterocycles. The first kappa shape index (κ1) is 21.4. The van der Waals surface area contributed by atoms with Crippen molar-refractivity contribution in [3.63, 3.8) is 0 Å². The number of nitrogens with one attached hydrogen (secondary N) is 2. The van der Waals surface area contributed by atoms with Crippen LogP contribution in [0.15, 0.2) is 83.5 Å². The second kappa shape index (κ2) is 8.82. The minimum atomic E-state index is -0.727. The number of rotatable bonds is 5. The summed E-state index contributed by atoms with van der Waals surface area (Å²) in [4.78, 5) is 26.6. The van der Waals surface area contributed by atoms with Crippen LogP contribution in [0.1, 0.15) is 25.3 Å². The van der Waals surface area contributed by atoms with E-state index in [0.717, 1.165) is 22.3 Å². The van der Waals surface area contributed by atoms with Crippen LogP contribution < -0.4 is 15.8 Å². The molecule has 0 spiro atoms. The molecule has 2 N–H and O–H groups in total. The Balaban J connectivity index is 1.41. The lowest BCUT2D eigenvalue weighted by Gasteiger charge is -2.27. The van der Waals surface area contributed by atoms with Gasteiger partial charge in [-0.1, -0.05) is 72.8 Å². The number of anilines is 2. The number of fused-ring (bicyclic) bond motifs is 3. The van der Waals surface area contributed by atoms with E-state index in [2.05, 4.69) is 21.1 Å². The molecule has 0 saturated carbocycles. The van der Waals surface area contributed by atoms with Crippen molar-refractivity contribution in [3.8, 4) is 22.4 Å². The van der Waals surface area contributed by atoms with Crippen LogP contribution in [0.3, 0.4) is 0 Å². The van der Waals surface area contributed by atoms with Crippen molar-refractivity contribution in [2.24, 2.45) is 0 Å². The second-order valence-electron chi connectivity index (χ2n) is 8.17. The molecule has 1 aromatic heterocycles. The zero-order valence-corrected chi connectivity index (χ0v) is 18.7. The smallest absolute Gasteiger partial charge is 0.261 e. The largest absolute Gasteiger partial charge is 0.354 e. The maximum Gasteiger partial charge on any atom is 0.261 e. The fourth-order valence-electron chi connectivity index (χ4n) is 4.12. The van der Waals surface area contributed by atoms with E-state index in [-0.39, 0.29) is 5.91 Å². The molecule has 8 nitrogen and oxygen atoms in total. The van der Waals surface area contributed by atoms with Gasteiger partial charge in [0.15, 0.2) is 11.5 Å². The first-order valence-corrected chi connectivity index (χ1v) is 11.0. The van der Waals surface area contributed by atoms with Crippen molar-refractivity contribution < 1.29 is 14.2 Å². The van der Waals surface area contributed by atoms with Gasteiger partial charge in [0.1, 0.15) is 6.04 Å². The van der Waals surface area contributed by atoms with Crippen molar-refractivity contribution >= 4 is 23.3 Å². The Morgan fingerprint density at radius 2 is 1.62 bits per heavy atom. The van der Waals surface area contributed by atoms with Gasteiger partial charge in [-0.05, 0) is 41.4 Å². The molecular weight excluding hydrogens is 430 g/mol. The Morgan fingerprint density at radius 1 is 0.941 bits per heavy atom. The molecule has 0 fully saturated rings. The Morgan fingerprint density at radius 3 is 2.41 bits per heavy atom. The lowest BCUT2D eigenvalue weighted by atomic mass is 9.92. The van der Waals surface area contributed by atoms with E-state index in [1.807, 2.05) is 85.8 Å². The van der Waals surface area contributed by atoms with E-state index in [0.29, 0.717) is 17.2 Å². The Kier molecular flexibility index (Phi) is 5.55. The summed E-state index contributed by atoms with van der Waals surface area (Å²) in [7, 11) is 0. The number of carbonyl (C=O) groups excluding carboxylic acids is 2. The second-order valence-corrected chi connectivity index (χ2v) is 8.17. The van der Waals surface area contributed by atoms with E-state index >= 15 is 0 Å². The van der Waals surface area contributed by atoms with Gasteiger partial charge in [0.05, 0.1) is 11.6 Å². The molecule has 2 amide bonds. The SMILES string of the molecule is CC1C(=O)N(NC(=O)[C@H](C)Nc2nonc2-c2ccccc2)c2ccccc2-c2ccccc21. The zero-order valence-electron chi connectivity index (χ0n) is 18.7. The van der Waals surface area contributed by atoms with Crippen molar-refractivity contribution in [1.82, 2.24) is 15.7 Å². The summed E-state index contributed by atoms with van der Waals surface area (Å²) in [5.41, 5.74) is 7.51. The third-order valence-electron chi connectivity index (χ3n) is 5.96. The molecule has 1 unspecified atom stereocenters. The van der Waals surface area contributed by atoms with Crippen LogP contribution in [0.2, 0.25) is 0 Å². The highest BCUT2D eigenvalue weighted by Crippen LogP contribution is 2.40. The fourth-order valence-corrected chi connectivity index (χ4v) is 4.12. The van der Waals surface area contributed by atoms with E-state index in [1.54, 1.807) is 6.92 Å². The Labute approximate surface area is 196 Å². The average molecular weight is 454 g/mol. The third-order valence-corrected chi connectivity index (χ3v) is 5.96. The Hall–Kier alpha value is -4.46. The first-order valence-electron chi connectivity index (χ1n) is 11.0. The third kappa shape index (κ3) is 3.79. The normalized spacial score (nSPS) is 15.6. The van der Waals surface area contributed by atoms with Gasteiger partial charge in [-0.25, -0.2) is 9.64 Å². The predicted molar refractivity (Wildman–Crippen MR) is 129 cm³/mol. The first-order chi connectivity index (χ1) is 16.5. The van der Waals surface area contributed by atoms with E-state index in [1.165, 1.54) is 5.01 Å². The molecular formula is C26H23N5O3. The van der Waals surface area contributed by atoms with Gasteiger partial charge in [0.25, 0.3) is 11.8 Å². The summed E-state index contributed by atoms with van der Waals surface area (Å²) < 4.78 is 4.90. The highest BCUT2D eigenvalue weighted by Gasteiger charge is 2.33. The number of hydrogen-bond donors (Lipinski definition) is 2. The van der Waals surface area contributed by atoms with Crippen molar-refractivity contribution in [2.75, 3.05) is 10.3 Å². The van der Waals surface area contributed by atoms with Gasteiger partial charge >= 0.3 is 0 Å². The van der Waals surface area contributed by atoms with Crippen molar-refractivity contribution in [1.29, 1.82) is 0 Å². The van der Waals surface area contributed by atoms with Crippen LogP contribution in [0.4, 0.5) is 11.5 Å². The number of nitrogens with zero attached hydrogens (tertiary/aromatic N) is 3. The minimum absolute atomic E-state index is 0.217. The highest BCUT2D eigenvalue weighted by molar-refractivity contribution is 6.06. The zero-order chi connectivity index (χ0) is 23.7. The van der Waals surface area contributed by atoms with Crippen LogP contribution in [-0.2, 0) is 9.59 Å². The molecule has 4 aromatic rings. The summed E-state index contributed by atoms with van der Waals surface area (Å²) in [6.45, 7) is 3.53. The molecule has 2 heterocycles. The van der Waals surface area contributed by atoms with Crippen LogP contribution in [0.25, 0.3) is 22.4 Å². The minimum Gasteiger partial charge on any atom is -0.354 e. The topological polar surface area (TPSA) is 100 Å². The van der Waals surface area contributed by atoms with Gasteiger partial charge in [-0.15, -0.1) is 0 Å². The summed E-state index contributed by atoms with van der Waals surface area (Å²) in [6.07, 6.45) is 0. The van der Waals surface area contributed by atoms with Crippen LogP contribution in [-0.4, -0.2) is 28.2 Å².